The van der Waals surface area contributed by atoms with Crippen molar-refractivity contribution in [2.24, 2.45) is 0 Å². The van der Waals surface area contributed by atoms with Crippen molar-refractivity contribution in [3.05, 3.63) is 77.7 Å². The molecule has 1 heterocycles. The Hall–Kier alpha value is -2.91. The van der Waals surface area contributed by atoms with Crippen molar-refractivity contribution in [3.8, 4) is 5.75 Å². The maximum absolute atomic E-state index is 12.7. The molecule has 1 unspecified atom stereocenters. The number of carbonyl (C=O) groups is 1. The lowest BCUT2D eigenvalue weighted by atomic mass is 9.88. The Labute approximate surface area is 173 Å². The fraction of sp³-hybridized carbons (Fsp3) is 0.318. The average Bonchev–Trinajstić information content (AvgIpc) is 3.04. The van der Waals surface area contributed by atoms with Crippen LogP contribution < -0.4 is 4.74 Å². The highest BCUT2D eigenvalue weighted by Crippen LogP contribution is 2.41. The van der Waals surface area contributed by atoms with Gasteiger partial charge in [-0.1, -0.05) is 48.5 Å². The first-order valence-corrected chi connectivity index (χ1v) is 9.45. The smallest absolute Gasteiger partial charge is 0.378 e. The Morgan fingerprint density at radius 2 is 1.57 bits per heavy atom. The molecule has 8 nitrogen and oxygen atoms in total. The van der Waals surface area contributed by atoms with E-state index in [2.05, 4.69) is 0 Å². The van der Waals surface area contributed by atoms with E-state index in [-0.39, 0.29) is 18.1 Å². The lowest BCUT2D eigenvalue weighted by molar-refractivity contribution is -0.169. The summed E-state index contributed by atoms with van der Waals surface area (Å²) in [6.45, 7) is -1.39. The van der Waals surface area contributed by atoms with Crippen LogP contribution in [0.1, 0.15) is 12.0 Å². The predicted octanol–water partition coefficient (Wildman–Crippen LogP) is 0.886. The standard InChI is InChI=1S/C22H24O8/c23-12-16(25)11-22(18(26)13-24)20(29-17-9-5-2-6-10-17)19(21(27)30-22)28-14-15-7-3-1-4-8-15/h1-10,16,18,23-26H,11-14H2/t16?,18-,22+/m0/s1. The van der Waals surface area contributed by atoms with E-state index in [1.807, 2.05) is 30.3 Å². The molecule has 0 saturated heterocycles. The fourth-order valence-electron chi connectivity index (χ4n) is 3.19. The zero-order valence-corrected chi connectivity index (χ0v) is 16.2. The van der Waals surface area contributed by atoms with Crippen molar-refractivity contribution in [1.29, 1.82) is 0 Å². The Bertz CT molecular complexity index is 867. The van der Waals surface area contributed by atoms with E-state index in [0.29, 0.717) is 5.75 Å². The van der Waals surface area contributed by atoms with Gasteiger partial charge in [0.15, 0.2) is 0 Å². The van der Waals surface area contributed by atoms with Gasteiger partial charge in [-0.3, -0.25) is 0 Å². The Balaban J connectivity index is 2.03. The molecule has 1 aliphatic heterocycles. The second kappa shape index (κ2) is 9.73. The number of para-hydroxylation sites is 1. The highest BCUT2D eigenvalue weighted by Gasteiger charge is 2.56. The number of benzene rings is 2. The predicted molar refractivity (Wildman–Crippen MR) is 105 cm³/mol. The van der Waals surface area contributed by atoms with Gasteiger partial charge in [0.25, 0.3) is 0 Å². The van der Waals surface area contributed by atoms with Crippen LogP contribution in [-0.4, -0.2) is 57.4 Å². The molecule has 0 aromatic heterocycles. The number of cyclic esters (lactones) is 1. The fourth-order valence-corrected chi connectivity index (χ4v) is 3.19. The molecule has 160 valence electrons. The number of esters is 1. The van der Waals surface area contributed by atoms with Gasteiger partial charge >= 0.3 is 5.97 Å². The van der Waals surface area contributed by atoms with Crippen molar-refractivity contribution in [1.82, 2.24) is 0 Å². The van der Waals surface area contributed by atoms with E-state index in [0.717, 1.165) is 5.56 Å². The quantitative estimate of drug-likeness (QED) is 0.421. The largest absolute Gasteiger partial charge is 0.479 e. The van der Waals surface area contributed by atoms with Gasteiger partial charge in [-0.2, -0.15) is 0 Å². The summed E-state index contributed by atoms with van der Waals surface area (Å²) in [5.41, 5.74) is -1.15. The Morgan fingerprint density at radius 1 is 0.933 bits per heavy atom. The van der Waals surface area contributed by atoms with Crippen molar-refractivity contribution in [2.45, 2.75) is 30.8 Å². The molecule has 30 heavy (non-hydrogen) atoms. The molecule has 8 heteroatoms. The summed E-state index contributed by atoms with van der Waals surface area (Å²) >= 11 is 0. The van der Waals surface area contributed by atoms with Crippen LogP contribution in [0.5, 0.6) is 5.75 Å². The molecule has 4 N–H and O–H groups in total. The van der Waals surface area contributed by atoms with Crippen molar-refractivity contribution in [3.63, 3.8) is 0 Å². The third-order valence-electron chi connectivity index (χ3n) is 4.70. The zero-order chi connectivity index (χ0) is 21.6. The van der Waals surface area contributed by atoms with Gasteiger partial charge in [0.2, 0.25) is 17.1 Å². The minimum atomic E-state index is -1.93. The van der Waals surface area contributed by atoms with Crippen LogP contribution in [0.3, 0.4) is 0 Å². The minimum absolute atomic E-state index is 0.0285. The van der Waals surface area contributed by atoms with Crippen LogP contribution in [0.2, 0.25) is 0 Å². The lowest BCUT2D eigenvalue weighted by Crippen LogP contribution is -2.50. The molecule has 2 aromatic carbocycles. The van der Waals surface area contributed by atoms with E-state index < -0.39 is 43.4 Å². The molecular formula is C22H24O8. The number of hydrogen-bond donors (Lipinski definition) is 4. The maximum atomic E-state index is 12.7. The molecule has 0 radical (unpaired) electrons. The van der Waals surface area contributed by atoms with Gasteiger partial charge < -0.3 is 34.6 Å². The molecule has 0 bridgehead atoms. The SMILES string of the molecule is O=C1O[C@](CC(O)CO)([C@@H](O)CO)C(Oc2ccccc2)=C1OCc1ccccc1. The molecule has 0 amide bonds. The second-order valence-corrected chi connectivity index (χ2v) is 6.87. The maximum Gasteiger partial charge on any atom is 0.378 e. The highest BCUT2D eigenvalue weighted by molar-refractivity contribution is 5.90. The van der Waals surface area contributed by atoms with E-state index in [1.54, 1.807) is 30.3 Å². The van der Waals surface area contributed by atoms with Gasteiger partial charge in [0, 0.05) is 6.42 Å². The van der Waals surface area contributed by atoms with E-state index in [1.165, 1.54) is 0 Å². The summed E-state index contributed by atoms with van der Waals surface area (Å²) < 4.78 is 17.0. The molecule has 0 saturated carbocycles. The van der Waals surface area contributed by atoms with Crippen LogP contribution in [-0.2, 0) is 20.9 Å². The van der Waals surface area contributed by atoms with Gasteiger partial charge in [-0.25, -0.2) is 4.79 Å². The van der Waals surface area contributed by atoms with E-state index in [9.17, 15) is 25.2 Å². The van der Waals surface area contributed by atoms with Crippen molar-refractivity contribution >= 4 is 5.97 Å². The summed E-state index contributed by atoms with van der Waals surface area (Å²) in [7, 11) is 0. The first-order valence-electron chi connectivity index (χ1n) is 9.45. The molecule has 2 aromatic rings. The highest BCUT2D eigenvalue weighted by atomic mass is 16.6. The third-order valence-corrected chi connectivity index (χ3v) is 4.70. The summed E-state index contributed by atoms with van der Waals surface area (Å²) in [5, 5.41) is 39.5. The first kappa shape index (κ1) is 21.8. The zero-order valence-electron chi connectivity index (χ0n) is 16.2. The Kier molecular flexibility index (Phi) is 7.07. The molecule has 0 spiro atoms. The third kappa shape index (κ3) is 4.63. The molecule has 3 atom stereocenters. The number of aliphatic hydroxyl groups excluding tert-OH is 4. The number of aliphatic hydroxyl groups is 4. The summed E-state index contributed by atoms with van der Waals surface area (Å²) in [6, 6.07) is 17.6. The Morgan fingerprint density at radius 3 is 2.17 bits per heavy atom. The molecular weight excluding hydrogens is 392 g/mol. The summed E-state index contributed by atoms with van der Waals surface area (Å²) in [5.74, 6) is -1.03. The van der Waals surface area contributed by atoms with Crippen molar-refractivity contribution in [2.75, 3.05) is 13.2 Å². The van der Waals surface area contributed by atoms with Gasteiger partial charge in [0.05, 0.1) is 19.3 Å². The van der Waals surface area contributed by atoms with Gasteiger partial charge in [-0.15, -0.1) is 0 Å². The monoisotopic (exact) mass is 416 g/mol. The average molecular weight is 416 g/mol. The van der Waals surface area contributed by atoms with Gasteiger partial charge in [0.1, 0.15) is 18.5 Å². The number of rotatable bonds is 10. The van der Waals surface area contributed by atoms with Crippen LogP contribution in [0.25, 0.3) is 0 Å². The molecule has 0 aliphatic carbocycles. The lowest BCUT2D eigenvalue weighted by Gasteiger charge is -2.34. The topological polar surface area (TPSA) is 126 Å². The summed E-state index contributed by atoms with van der Waals surface area (Å²) in [4.78, 5) is 12.7. The van der Waals surface area contributed by atoms with Crippen LogP contribution >= 0.6 is 0 Å². The number of ether oxygens (including phenoxy) is 3. The van der Waals surface area contributed by atoms with E-state index in [4.69, 9.17) is 14.2 Å². The number of carbonyl (C=O) groups excluding carboxylic acids is 1. The van der Waals surface area contributed by atoms with Gasteiger partial charge in [-0.05, 0) is 17.7 Å². The van der Waals surface area contributed by atoms with E-state index >= 15 is 0 Å². The molecule has 0 fully saturated rings. The molecule has 3 rings (SSSR count). The summed E-state index contributed by atoms with van der Waals surface area (Å²) in [6.07, 6.45) is -3.38. The molecule has 1 aliphatic rings. The second-order valence-electron chi connectivity index (χ2n) is 6.87. The van der Waals surface area contributed by atoms with Crippen LogP contribution in [0.4, 0.5) is 0 Å². The van der Waals surface area contributed by atoms with Crippen molar-refractivity contribution < 1.29 is 39.4 Å². The number of hydrogen-bond acceptors (Lipinski definition) is 8. The van der Waals surface area contributed by atoms with Crippen LogP contribution in [0, 0.1) is 0 Å². The minimum Gasteiger partial charge on any atom is -0.479 e. The van der Waals surface area contributed by atoms with Crippen LogP contribution in [0.15, 0.2) is 72.2 Å². The first-order chi connectivity index (χ1) is 14.5. The normalized spacial score (nSPS) is 20.6.